The van der Waals surface area contributed by atoms with E-state index in [9.17, 15) is 10.2 Å². The van der Waals surface area contributed by atoms with E-state index in [1.165, 1.54) is 29.7 Å². The van der Waals surface area contributed by atoms with Crippen molar-refractivity contribution >= 4 is 39.3 Å². The molecule has 1 heterocycles. The van der Waals surface area contributed by atoms with Crippen LogP contribution in [0.3, 0.4) is 0 Å². The van der Waals surface area contributed by atoms with E-state index in [1.54, 1.807) is 6.07 Å². The lowest BCUT2D eigenvalue weighted by atomic mass is 10.2. The van der Waals surface area contributed by atoms with Crippen LogP contribution in [0.5, 0.6) is 17.2 Å². The molecule has 4 aromatic rings. The van der Waals surface area contributed by atoms with Crippen LogP contribution in [-0.4, -0.2) is 33.9 Å². The predicted molar refractivity (Wildman–Crippen MR) is 124 cm³/mol. The van der Waals surface area contributed by atoms with E-state index in [2.05, 4.69) is 20.5 Å². The Morgan fingerprint density at radius 3 is 2.65 bits per heavy atom. The number of amidine groups is 1. The van der Waals surface area contributed by atoms with E-state index in [0.29, 0.717) is 28.7 Å². The number of thiazole rings is 1. The van der Waals surface area contributed by atoms with E-state index >= 15 is 0 Å². The fourth-order valence-electron chi connectivity index (χ4n) is 2.81. The number of aliphatic imine (C=N–C) groups is 1. The van der Waals surface area contributed by atoms with Gasteiger partial charge >= 0.3 is 0 Å². The van der Waals surface area contributed by atoms with Crippen LogP contribution in [0.15, 0.2) is 76.8 Å². The van der Waals surface area contributed by atoms with Gasteiger partial charge in [0, 0.05) is 11.6 Å². The molecule has 156 valence electrons. The van der Waals surface area contributed by atoms with Crippen LogP contribution in [0, 0.1) is 0 Å². The van der Waals surface area contributed by atoms with E-state index in [-0.39, 0.29) is 11.5 Å². The van der Waals surface area contributed by atoms with Gasteiger partial charge < -0.3 is 14.9 Å². The van der Waals surface area contributed by atoms with Gasteiger partial charge in [0.25, 0.3) is 0 Å². The first-order valence-corrected chi connectivity index (χ1v) is 10.4. The van der Waals surface area contributed by atoms with Gasteiger partial charge in [-0.2, -0.15) is 5.10 Å². The van der Waals surface area contributed by atoms with Crippen LogP contribution in [0.25, 0.3) is 10.2 Å². The van der Waals surface area contributed by atoms with Gasteiger partial charge in [0.15, 0.2) is 10.8 Å². The van der Waals surface area contributed by atoms with Gasteiger partial charge in [-0.1, -0.05) is 12.1 Å². The molecular formula is C23H20N4O3S. The Labute approximate surface area is 183 Å². The minimum absolute atomic E-state index is 0.0187. The number of hydrogen-bond acceptors (Lipinski definition) is 7. The first-order valence-electron chi connectivity index (χ1n) is 9.61. The minimum atomic E-state index is -0.0736. The molecule has 0 saturated carbocycles. The minimum Gasteiger partial charge on any atom is -0.508 e. The molecule has 0 aliphatic heterocycles. The van der Waals surface area contributed by atoms with E-state index in [1.807, 2.05) is 55.5 Å². The number of hydrogen-bond donors (Lipinski definition) is 3. The lowest BCUT2D eigenvalue weighted by Crippen LogP contribution is -2.18. The number of aromatic nitrogens is 1. The maximum Gasteiger partial charge on any atom is 0.183 e. The second-order valence-corrected chi connectivity index (χ2v) is 7.52. The van der Waals surface area contributed by atoms with Crippen LogP contribution in [0.1, 0.15) is 17.5 Å². The summed E-state index contributed by atoms with van der Waals surface area (Å²) in [6.45, 7) is 2.53. The fraction of sp³-hybridized carbons (Fsp3) is 0.0870. The molecule has 0 amide bonds. The molecule has 4 rings (SSSR count). The molecule has 0 bridgehead atoms. The molecule has 0 aliphatic carbocycles. The lowest BCUT2D eigenvalue weighted by Gasteiger charge is -2.05. The van der Waals surface area contributed by atoms with Crippen LogP contribution in [0.2, 0.25) is 0 Å². The number of phenols is 2. The zero-order chi connectivity index (χ0) is 21.6. The lowest BCUT2D eigenvalue weighted by molar-refractivity contribution is 0.340. The largest absolute Gasteiger partial charge is 0.508 e. The van der Waals surface area contributed by atoms with Crippen LogP contribution < -0.4 is 10.2 Å². The molecule has 8 heteroatoms. The second-order valence-electron chi connectivity index (χ2n) is 6.49. The summed E-state index contributed by atoms with van der Waals surface area (Å²) in [4.78, 5) is 9.33. The van der Waals surface area contributed by atoms with Crippen molar-refractivity contribution in [1.82, 2.24) is 10.4 Å². The normalized spacial score (nSPS) is 11.8. The average Bonchev–Trinajstić information content (AvgIpc) is 3.20. The number of hydrazone groups is 1. The standard InChI is InChI=1S/C23H20N4O3S/c1-2-30-18-11-8-16(9-12-18)25-22(23-26-19-5-3-4-6-21(19)31-23)27-24-14-15-7-10-17(28)13-20(15)29/h3-14,28-29H,2H2,1H3,(H,25,27). The van der Waals surface area contributed by atoms with E-state index < -0.39 is 0 Å². The Balaban J connectivity index is 1.65. The SMILES string of the molecule is CCOc1ccc(N=C(NN=Cc2ccc(O)cc2O)c2nc3ccccc3s2)cc1. The molecular weight excluding hydrogens is 412 g/mol. The average molecular weight is 433 g/mol. The van der Waals surface area contributed by atoms with Crippen molar-refractivity contribution in [2.24, 2.45) is 10.1 Å². The number of ether oxygens (including phenoxy) is 1. The van der Waals surface area contributed by atoms with Crippen LogP contribution in [0.4, 0.5) is 5.69 Å². The topological polar surface area (TPSA) is 99.3 Å². The number of phenolic OH excluding ortho intramolecular Hbond substituents is 2. The van der Waals surface area contributed by atoms with Gasteiger partial charge in [0.2, 0.25) is 0 Å². The molecule has 0 fully saturated rings. The molecule has 1 aromatic heterocycles. The molecule has 31 heavy (non-hydrogen) atoms. The Morgan fingerprint density at radius 1 is 1.10 bits per heavy atom. The number of aromatic hydroxyl groups is 2. The molecule has 0 saturated heterocycles. The smallest absolute Gasteiger partial charge is 0.183 e. The summed E-state index contributed by atoms with van der Waals surface area (Å²) in [6, 6.07) is 19.6. The first kappa shape index (κ1) is 20.4. The van der Waals surface area contributed by atoms with Gasteiger partial charge in [-0.15, -0.1) is 11.3 Å². The number of nitrogens with zero attached hydrogens (tertiary/aromatic N) is 3. The summed E-state index contributed by atoms with van der Waals surface area (Å²) < 4.78 is 6.53. The fourth-order valence-corrected chi connectivity index (χ4v) is 3.72. The molecule has 3 aromatic carbocycles. The molecule has 0 radical (unpaired) electrons. The monoisotopic (exact) mass is 432 g/mol. The summed E-state index contributed by atoms with van der Waals surface area (Å²) in [5.74, 6) is 1.15. The molecule has 0 atom stereocenters. The van der Waals surface area contributed by atoms with Gasteiger partial charge in [0.05, 0.1) is 28.7 Å². The van der Waals surface area contributed by atoms with Crippen LogP contribution >= 0.6 is 11.3 Å². The van der Waals surface area contributed by atoms with Gasteiger partial charge in [0.1, 0.15) is 17.2 Å². The maximum absolute atomic E-state index is 9.94. The second kappa shape index (κ2) is 9.27. The highest BCUT2D eigenvalue weighted by atomic mass is 32.1. The summed E-state index contributed by atoms with van der Waals surface area (Å²) in [7, 11) is 0. The van der Waals surface area contributed by atoms with Gasteiger partial charge in [-0.3, -0.25) is 5.43 Å². The summed E-state index contributed by atoms with van der Waals surface area (Å²) >= 11 is 1.50. The van der Waals surface area contributed by atoms with Crippen molar-refractivity contribution < 1.29 is 14.9 Å². The summed E-state index contributed by atoms with van der Waals surface area (Å²) in [5, 5.41) is 24.3. The predicted octanol–water partition coefficient (Wildman–Crippen LogP) is 4.81. The Hall–Kier alpha value is -3.91. The number of para-hydroxylation sites is 1. The van der Waals surface area contributed by atoms with E-state index in [4.69, 9.17) is 4.74 Å². The van der Waals surface area contributed by atoms with Gasteiger partial charge in [-0.25, -0.2) is 9.98 Å². The van der Waals surface area contributed by atoms with Crippen molar-refractivity contribution in [3.63, 3.8) is 0 Å². The van der Waals surface area contributed by atoms with Gasteiger partial charge in [-0.05, 0) is 55.5 Å². The number of benzene rings is 3. The Morgan fingerprint density at radius 2 is 1.90 bits per heavy atom. The van der Waals surface area contributed by atoms with Crippen molar-refractivity contribution in [3.05, 3.63) is 77.3 Å². The summed E-state index contributed by atoms with van der Waals surface area (Å²) in [6.07, 6.45) is 1.45. The Bertz CT molecular complexity index is 1220. The van der Waals surface area contributed by atoms with Crippen molar-refractivity contribution in [2.75, 3.05) is 6.61 Å². The molecule has 0 unspecified atom stereocenters. The number of nitrogens with one attached hydrogen (secondary N) is 1. The number of fused-ring (bicyclic) bond motifs is 1. The zero-order valence-electron chi connectivity index (χ0n) is 16.7. The third-order valence-corrected chi connectivity index (χ3v) is 5.32. The number of rotatable bonds is 6. The highest BCUT2D eigenvalue weighted by Crippen LogP contribution is 2.24. The van der Waals surface area contributed by atoms with Crippen molar-refractivity contribution in [3.8, 4) is 17.2 Å². The molecule has 7 nitrogen and oxygen atoms in total. The summed E-state index contributed by atoms with van der Waals surface area (Å²) in [5.41, 5.74) is 4.99. The zero-order valence-corrected chi connectivity index (χ0v) is 17.5. The maximum atomic E-state index is 9.94. The molecule has 0 spiro atoms. The first-order chi connectivity index (χ1) is 15.1. The van der Waals surface area contributed by atoms with Crippen LogP contribution in [-0.2, 0) is 0 Å². The Kier molecular flexibility index (Phi) is 6.09. The molecule has 0 aliphatic rings. The molecule has 3 N–H and O–H groups in total. The van der Waals surface area contributed by atoms with E-state index in [0.717, 1.165) is 16.0 Å². The third kappa shape index (κ3) is 4.99. The van der Waals surface area contributed by atoms with Crippen molar-refractivity contribution in [2.45, 2.75) is 6.92 Å². The highest BCUT2D eigenvalue weighted by molar-refractivity contribution is 7.20. The highest BCUT2D eigenvalue weighted by Gasteiger charge is 2.11. The quantitative estimate of drug-likeness (QED) is 0.231. The third-order valence-electron chi connectivity index (χ3n) is 4.27. The van der Waals surface area contributed by atoms with Crippen molar-refractivity contribution in [1.29, 1.82) is 0 Å².